The van der Waals surface area contributed by atoms with E-state index < -0.39 is 17.6 Å². The summed E-state index contributed by atoms with van der Waals surface area (Å²) in [7, 11) is -4.08. The summed E-state index contributed by atoms with van der Waals surface area (Å²) in [6, 6.07) is 23.3. The molecule has 0 bridgehead atoms. The van der Waals surface area contributed by atoms with Crippen LogP contribution in [0.2, 0.25) is 17.8 Å². The summed E-state index contributed by atoms with van der Waals surface area (Å²) in [6.07, 6.45) is 1.22. The first-order valence-corrected chi connectivity index (χ1v) is 16.8. The third kappa shape index (κ3) is 6.85. The topological polar surface area (TPSA) is 27.7 Å². The summed E-state index contributed by atoms with van der Waals surface area (Å²) in [5.74, 6) is 0. The fourth-order valence-electron chi connectivity index (χ4n) is 3.68. The first kappa shape index (κ1) is 24.5. The third-order valence-corrected chi connectivity index (χ3v) is 17.5. The molecule has 2 atom stereocenters. The lowest BCUT2D eigenvalue weighted by atomic mass is 10.4. The van der Waals surface area contributed by atoms with Crippen molar-refractivity contribution in [3.63, 3.8) is 0 Å². The van der Waals surface area contributed by atoms with E-state index in [9.17, 15) is 0 Å². The largest absolute Gasteiger partial charge is 0.500 e. The Morgan fingerprint density at radius 1 is 0.793 bits per heavy atom. The van der Waals surface area contributed by atoms with Crippen LogP contribution in [0.15, 0.2) is 60.7 Å². The second-order valence-electron chi connectivity index (χ2n) is 7.28. The Morgan fingerprint density at radius 2 is 1.21 bits per heavy atom. The summed E-state index contributed by atoms with van der Waals surface area (Å²) >= 11 is 0. The van der Waals surface area contributed by atoms with Crippen LogP contribution < -0.4 is 10.6 Å². The molecule has 160 valence electrons. The highest BCUT2D eigenvalue weighted by molar-refractivity contribution is 7.73. The van der Waals surface area contributed by atoms with Crippen LogP contribution in [0.1, 0.15) is 27.7 Å². The molecule has 0 heterocycles. The molecule has 2 aromatic rings. The molecule has 0 amide bonds. The zero-order valence-electron chi connectivity index (χ0n) is 18.6. The highest BCUT2D eigenvalue weighted by Crippen LogP contribution is 2.37. The second-order valence-corrected chi connectivity index (χ2v) is 16.8. The number of rotatable bonds is 13. The standard InChI is InChI=1S/C23H37O3PSi2/c1-6-24-29(25-7-2,26-8-3)21(4)28(5)20-19-27(22-15-11-9-12-16-22)23-17-13-10-14-18-23/h9-18,21,28H,6-8,19-20H2,1-5H3. The smallest absolute Gasteiger partial charge is 0.374 e. The van der Waals surface area contributed by atoms with E-state index in [1.54, 1.807) is 0 Å². The van der Waals surface area contributed by atoms with E-state index in [-0.39, 0.29) is 7.92 Å². The van der Waals surface area contributed by atoms with Crippen molar-refractivity contribution in [2.24, 2.45) is 0 Å². The Balaban J connectivity index is 2.17. The van der Waals surface area contributed by atoms with Crippen LogP contribution in [0, 0.1) is 0 Å². The van der Waals surface area contributed by atoms with Gasteiger partial charge in [0.15, 0.2) is 0 Å². The van der Waals surface area contributed by atoms with E-state index in [1.165, 1.54) is 22.8 Å². The van der Waals surface area contributed by atoms with Gasteiger partial charge in [0, 0.05) is 33.8 Å². The van der Waals surface area contributed by atoms with Gasteiger partial charge in [-0.1, -0.05) is 80.2 Å². The SMILES string of the molecule is CCO[Si](OCC)(OCC)C(C)[SiH](C)CCP(c1ccccc1)c1ccccc1. The Labute approximate surface area is 181 Å². The Hall–Kier alpha value is -0.816. The van der Waals surface area contributed by atoms with E-state index >= 15 is 0 Å². The summed E-state index contributed by atoms with van der Waals surface area (Å²) in [4.78, 5) is 0. The van der Waals surface area contributed by atoms with Crippen LogP contribution >= 0.6 is 7.92 Å². The van der Waals surface area contributed by atoms with Gasteiger partial charge in [-0.2, -0.15) is 0 Å². The lowest BCUT2D eigenvalue weighted by molar-refractivity contribution is 0.0688. The lowest BCUT2D eigenvalue weighted by Gasteiger charge is -2.36. The summed E-state index contributed by atoms with van der Waals surface area (Å²) < 4.78 is 18.6. The Morgan fingerprint density at radius 3 is 1.59 bits per heavy atom. The van der Waals surface area contributed by atoms with E-state index in [1.807, 2.05) is 20.8 Å². The van der Waals surface area contributed by atoms with Crippen molar-refractivity contribution >= 4 is 36.1 Å². The quantitative estimate of drug-likeness (QED) is 0.320. The van der Waals surface area contributed by atoms with Crippen LogP contribution in [0.5, 0.6) is 0 Å². The summed E-state index contributed by atoms with van der Waals surface area (Å²) in [6.45, 7) is 12.9. The minimum Gasteiger partial charge on any atom is -0.374 e. The zero-order valence-corrected chi connectivity index (χ0v) is 21.7. The van der Waals surface area contributed by atoms with Crippen molar-refractivity contribution in [1.82, 2.24) is 0 Å². The van der Waals surface area contributed by atoms with E-state index in [2.05, 4.69) is 74.1 Å². The minimum atomic E-state index is -2.62. The monoisotopic (exact) mass is 448 g/mol. The molecule has 0 aliphatic heterocycles. The molecule has 0 spiro atoms. The van der Waals surface area contributed by atoms with Gasteiger partial charge < -0.3 is 13.3 Å². The van der Waals surface area contributed by atoms with Gasteiger partial charge in [0.25, 0.3) is 0 Å². The van der Waals surface area contributed by atoms with Crippen molar-refractivity contribution in [2.75, 3.05) is 26.0 Å². The molecule has 0 fully saturated rings. The molecule has 2 rings (SSSR count). The third-order valence-electron chi connectivity index (χ3n) is 5.39. The Kier molecular flexibility index (Phi) is 10.8. The van der Waals surface area contributed by atoms with Gasteiger partial charge in [-0.15, -0.1) is 0 Å². The van der Waals surface area contributed by atoms with Gasteiger partial charge in [-0.3, -0.25) is 0 Å². The maximum absolute atomic E-state index is 6.20. The van der Waals surface area contributed by atoms with E-state index in [0.29, 0.717) is 25.0 Å². The van der Waals surface area contributed by atoms with Gasteiger partial charge in [-0.05, 0) is 45.5 Å². The highest BCUT2D eigenvalue weighted by atomic mass is 31.1. The van der Waals surface area contributed by atoms with Crippen LogP contribution in [-0.4, -0.2) is 43.6 Å². The number of hydrogen-bond donors (Lipinski definition) is 0. The van der Waals surface area contributed by atoms with Crippen LogP contribution in [0.3, 0.4) is 0 Å². The minimum absolute atomic E-state index is 0.340. The number of hydrogen-bond acceptors (Lipinski definition) is 3. The van der Waals surface area contributed by atoms with Crippen molar-refractivity contribution in [3.05, 3.63) is 60.7 Å². The van der Waals surface area contributed by atoms with Gasteiger partial charge in [-0.25, -0.2) is 0 Å². The molecule has 0 saturated heterocycles. The summed E-state index contributed by atoms with van der Waals surface area (Å²) in [5, 5.41) is 3.33. The fraction of sp³-hybridized carbons (Fsp3) is 0.478. The highest BCUT2D eigenvalue weighted by Gasteiger charge is 2.49. The van der Waals surface area contributed by atoms with E-state index in [0.717, 1.165) is 0 Å². The second kappa shape index (κ2) is 12.8. The lowest BCUT2D eigenvalue weighted by Crippen LogP contribution is -2.53. The molecule has 2 unspecified atom stereocenters. The van der Waals surface area contributed by atoms with Gasteiger partial charge in [0.1, 0.15) is 0 Å². The molecule has 0 saturated carbocycles. The molecule has 29 heavy (non-hydrogen) atoms. The molecule has 2 aromatic carbocycles. The van der Waals surface area contributed by atoms with Gasteiger partial charge in [0.05, 0.1) is 0 Å². The molecule has 3 nitrogen and oxygen atoms in total. The first-order chi connectivity index (χ1) is 14.1. The average Bonchev–Trinajstić information content (AvgIpc) is 2.75. The normalized spacial score (nSPS) is 14.1. The Bertz CT molecular complexity index is 631. The van der Waals surface area contributed by atoms with Gasteiger partial charge in [0.2, 0.25) is 0 Å². The summed E-state index contributed by atoms with van der Waals surface area (Å²) in [5.41, 5.74) is 0. The van der Waals surface area contributed by atoms with Crippen molar-refractivity contribution in [1.29, 1.82) is 0 Å². The van der Waals surface area contributed by atoms with Crippen molar-refractivity contribution < 1.29 is 13.3 Å². The van der Waals surface area contributed by atoms with Crippen LogP contribution in [0.4, 0.5) is 0 Å². The zero-order chi connectivity index (χ0) is 21.1. The van der Waals surface area contributed by atoms with E-state index in [4.69, 9.17) is 13.3 Å². The molecular weight excluding hydrogens is 411 g/mol. The van der Waals surface area contributed by atoms with Crippen molar-refractivity contribution in [2.45, 2.75) is 45.5 Å². The predicted molar refractivity (Wildman–Crippen MR) is 132 cm³/mol. The maximum Gasteiger partial charge on any atom is 0.500 e. The molecule has 0 N–H and O–H groups in total. The molecular formula is C23H37O3PSi2. The van der Waals surface area contributed by atoms with Gasteiger partial charge >= 0.3 is 8.80 Å². The van der Waals surface area contributed by atoms with Crippen molar-refractivity contribution in [3.8, 4) is 0 Å². The molecule has 0 aromatic heterocycles. The average molecular weight is 449 g/mol. The fourth-order valence-corrected chi connectivity index (χ4v) is 15.1. The molecule has 0 aliphatic carbocycles. The molecule has 6 heteroatoms. The molecule has 0 aliphatic rings. The van der Waals surface area contributed by atoms with Crippen LogP contribution in [-0.2, 0) is 13.3 Å². The molecule has 0 radical (unpaired) electrons. The first-order valence-electron chi connectivity index (χ1n) is 10.9. The number of benzene rings is 2. The predicted octanol–water partition coefficient (Wildman–Crippen LogP) is 4.95. The maximum atomic E-state index is 6.20. The van der Waals surface area contributed by atoms with Crippen LogP contribution in [0.25, 0.3) is 0 Å².